The van der Waals surface area contributed by atoms with Crippen LogP contribution in [0.1, 0.15) is 17.7 Å². The summed E-state index contributed by atoms with van der Waals surface area (Å²) in [5.74, 6) is 0.262. The van der Waals surface area contributed by atoms with Crippen molar-refractivity contribution < 1.29 is 4.79 Å². The van der Waals surface area contributed by atoms with Gasteiger partial charge in [0.2, 0.25) is 0 Å². The van der Waals surface area contributed by atoms with Gasteiger partial charge in [0.15, 0.2) is 5.78 Å². The van der Waals surface area contributed by atoms with Crippen LogP contribution in [0.3, 0.4) is 0 Å². The first kappa shape index (κ1) is 8.97. The molecule has 0 aromatic carbocycles. The van der Waals surface area contributed by atoms with Gasteiger partial charge in [-0.15, -0.1) is 11.3 Å². The number of carbonyl (C=O) groups is 1. The number of ketones is 1. The third kappa shape index (κ3) is 2.20. The van der Waals surface area contributed by atoms with Crippen LogP contribution in [-0.4, -0.2) is 5.78 Å². The highest BCUT2D eigenvalue weighted by molar-refractivity contribution is 7.16. The molecule has 1 heterocycles. The van der Waals surface area contributed by atoms with E-state index in [9.17, 15) is 4.79 Å². The molecule has 0 aliphatic heterocycles. The Morgan fingerprint density at radius 3 is 2.77 bits per heavy atom. The smallest absolute Gasteiger partial charge is 0.155 e. The van der Waals surface area contributed by atoms with Crippen molar-refractivity contribution in [2.75, 3.05) is 0 Å². The fourth-order valence-corrected chi connectivity index (χ4v) is 2.61. The Balaban J connectivity index is 2.06. The van der Waals surface area contributed by atoms with Crippen LogP contribution in [0.5, 0.6) is 0 Å². The second kappa shape index (κ2) is 3.64. The zero-order chi connectivity index (χ0) is 9.26. The molecule has 1 aliphatic carbocycles. The summed E-state index contributed by atoms with van der Waals surface area (Å²) in [6.45, 7) is 0. The SMILES string of the molecule is O=C1C=C(Cc2ccc(Cl)s2)CC1. The molecular formula is C10H9ClOS. The predicted octanol–water partition coefficient (Wildman–Crippen LogP) is 3.23. The van der Waals surface area contributed by atoms with Crippen molar-refractivity contribution in [1.29, 1.82) is 0 Å². The zero-order valence-electron chi connectivity index (χ0n) is 7.05. The number of rotatable bonds is 2. The lowest BCUT2D eigenvalue weighted by Gasteiger charge is -1.95. The molecule has 0 saturated carbocycles. The Hall–Kier alpha value is -0.600. The number of hydrogen-bond acceptors (Lipinski definition) is 2. The molecule has 1 nitrogen and oxygen atoms in total. The summed E-state index contributed by atoms with van der Waals surface area (Å²) >= 11 is 7.40. The lowest BCUT2D eigenvalue weighted by molar-refractivity contribution is -0.114. The number of carbonyl (C=O) groups excluding carboxylic acids is 1. The molecule has 0 N–H and O–H groups in total. The van der Waals surface area contributed by atoms with Crippen LogP contribution in [0.2, 0.25) is 4.34 Å². The van der Waals surface area contributed by atoms with Crippen LogP contribution in [0.25, 0.3) is 0 Å². The molecule has 2 rings (SSSR count). The van der Waals surface area contributed by atoms with Crippen molar-refractivity contribution in [2.45, 2.75) is 19.3 Å². The first-order valence-electron chi connectivity index (χ1n) is 4.20. The normalized spacial score (nSPS) is 16.4. The van der Waals surface area contributed by atoms with E-state index in [1.54, 1.807) is 17.4 Å². The van der Waals surface area contributed by atoms with Crippen molar-refractivity contribution in [3.8, 4) is 0 Å². The summed E-state index contributed by atoms with van der Waals surface area (Å²) in [6, 6.07) is 3.93. The third-order valence-corrected chi connectivity index (χ3v) is 3.32. The number of thiophene rings is 1. The van der Waals surface area contributed by atoms with E-state index in [1.807, 2.05) is 12.1 Å². The Bertz CT molecular complexity index is 365. The van der Waals surface area contributed by atoms with Gasteiger partial charge in [0.25, 0.3) is 0 Å². The van der Waals surface area contributed by atoms with Gasteiger partial charge < -0.3 is 0 Å². The van der Waals surface area contributed by atoms with Crippen LogP contribution in [0.4, 0.5) is 0 Å². The van der Waals surface area contributed by atoms with Gasteiger partial charge >= 0.3 is 0 Å². The Morgan fingerprint density at radius 1 is 1.38 bits per heavy atom. The fourth-order valence-electron chi connectivity index (χ4n) is 1.47. The van der Waals surface area contributed by atoms with Crippen molar-refractivity contribution in [1.82, 2.24) is 0 Å². The molecule has 13 heavy (non-hydrogen) atoms. The molecule has 1 aliphatic rings. The van der Waals surface area contributed by atoms with Gasteiger partial charge in [-0.1, -0.05) is 17.2 Å². The number of hydrogen-bond donors (Lipinski definition) is 0. The van der Waals surface area contributed by atoms with Gasteiger partial charge in [0.05, 0.1) is 4.34 Å². The van der Waals surface area contributed by atoms with Crippen LogP contribution < -0.4 is 0 Å². The monoisotopic (exact) mass is 212 g/mol. The molecule has 1 aromatic rings. The molecule has 0 unspecified atom stereocenters. The second-order valence-electron chi connectivity index (χ2n) is 3.15. The number of halogens is 1. The highest BCUT2D eigenvalue weighted by Crippen LogP contribution is 2.26. The minimum atomic E-state index is 0.262. The minimum absolute atomic E-state index is 0.262. The maximum atomic E-state index is 10.9. The molecule has 0 saturated heterocycles. The van der Waals surface area contributed by atoms with Crippen molar-refractivity contribution in [2.24, 2.45) is 0 Å². The van der Waals surface area contributed by atoms with Gasteiger partial charge in [-0.05, 0) is 24.6 Å². The van der Waals surface area contributed by atoms with E-state index in [1.165, 1.54) is 10.5 Å². The van der Waals surface area contributed by atoms with E-state index in [2.05, 4.69) is 0 Å². The Labute approximate surface area is 86.0 Å². The average Bonchev–Trinajstić information content (AvgIpc) is 2.62. The molecule has 0 atom stereocenters. The van der Waals surface area contributed by atoms with Gasteiger partial charge in [-0.25, -0.2) is 0 Å². The summed E-state index contributed by atoms with van der Waals surface area (Å²) in [6.07, 6.45) is 4.28. The molecule has 3 heteroatoms. The molecule has 0 spiro atoms. The van der Waals surface area contributed by atoms with Gasteiger partial charge in [-0.3, -0.25) is 4.79 Å². The molecule has 0 radical (unpaired) electrons. The molecule has 0 bridgehead atoms. The molecule has 0 amide bonds. The quantitative estimate of drug-likeness (QED) is 0.736. The van der Waals surface area contributed by atoms with E-state index in [0.717, 1.165) is 17.2 Å². The molecule has 68 valence electrons. The van der Waals surface area contributed by atoms with E-state index in [4.69, 9.17) is 11.6 Å². The van der Waals surface area contributed by atoms with Crippen molar-refractivity contribution in [3.05, 3.63) is 33.0 Å². The largest absolute Gasteiger partial charge is 0.295 e. The highest BCUT2D eigenvalue weighted by atomic mass is 35.5. The fraction of sp³-hybridized carbons (Fsp3) is 0.300. The summed E-state index contributed by atoms with van der Waals surface area (Å²) in [4.78, 5) is 12.2. The van der Waals surface area contributed by atoms with Crippen LogP contribution >= 0.6 is 22.9 Å². The topological polar surface area (TPSA) is 17.1 Å². The maximum absolute atomic E-state index is 10.9. The van der Waals surface area contributed by atoms with E-state index in [0.29, 0.717) is 6.42 Å². The summed E-state index contributed by atoms with van der Waals surface area (Å²) in [5, 5.41) is 0. The first-order chi connectivity index (χ1) is 6.24. The molecular weight excluding hydrogens is 204 g/mol. The van der Waals surface area contributed by atoms with Crippen LogP contribution in [0.15, 0.2) is 23.8 Å². The maximum Gasteiger partial charge on any atom is 0.155 e. The van der Waals surface area contributed by atoms with Crippen molar-refractivity contribution in [3.63, 3.8) is 0 Å². The van der Waals surface area contributed by atoms with E-state index < -0.39 is 0 Å². The zero-order valence-corrected chi connectivity index (χ0v) is 8.62. The van der Waals surface area contributed by atoms with E-state index >= 15 is 0 Å². The van der Waals surface area contributed by atoms with Crippen LogP contribution in [-0.2, 0) is 11.2 Å². The lowest BCUT2D eigenvalue weighted by Crippen LogP contribution is -1.82. The van der Waals surface area contributed by atoms with Crippen LogP contribution in [0, 0.1) is 0 Å². The summed E-state index contributed by atoms with van der Waals surface area (Å²) < 4.78 is 0.819. The predicted molar refractivity (Wildman–Crippen MR) is 55.4 cm³/mol. The molecule has 0 fully saturated rings. The lowest BCUT2D eigenvalue weighted by atomic mass is 10.1. The van der Waals surface area contributed by atoms with E-state index in [-0.39, 0.29) is 5.78 Å². The highest BCUT2D eigenvalue weighted by Gasteiger charge is 2.12. The summed E-state index contributed by atoms with van der Waals surface area (Å²) in [5.41, 5.74) is 1.24. The minimum Gasteiger partial charge on any atom is -0.295 e. The average molecular weight is 213 g/mol. The van der Waals surface area contributed by atoms with Gasteiger partial charge in [-0.2, -0.15) is 0 Å². The standard InChI is InChI=1S/C10H9ClOS/c11-10-4-3-9(13-10)6-7-1-2-8(12)5-7/h3-5H,1-2,6H2. The third-order valence-electron chi connectivity index (χ3n) is 2.09. The Morgan fingerprint density at radius 2 is 2.23 bits per heavy atom. The van der Waals surface area contributed by atoms with Gasteiger partial charge in [0, 0.05) is 17.7 Å². The molecule has 1 aromatic heterocycles. The number of allylic oxidation sites excluding steroid dienone is 2. The Kier molecular flexibility index (Phi) is 2.51. The van der Waals surface area contributed by atoms with Gasteiger partial charge in [0.1, 0.15) is 0 Å². The summed E-state index contributed by atoms with van der Waals surface area (Å²) in [7, 11) is 0. The second-order valence-corrected chi connectivity index (χ2v) is 4.95. The first-order valence-corrected chi connectivity index (χ1v) is 5.40. The van der Waals surface area contributed by atoms with Crippen molar-refractivity contribution >= 4 is 28.7 Å².